The van der Waals surface area contributed by atoms with Crippen LogP contribution < -0.4 is 4.57 Å². The highest BCUT2D eigenvalue weighted by Gasteiger charge is 2.35. The van der Waals surface area contributed by atoms with Gasteiger partial charge in [-0.2, -0.15) is 0 Å². The Morgan fingerprint density at radius 1 is 1.50 bits per heavy atom. The van der Waals surface area contributed by atoms with E-state index in [9.17, 15) is 0 Å². The van der Waals surface area contributed by atoms with E-state index in [1.54, 1.807) is 6.33 Å². The fourth-order valence-corrected chi connectivity index (χ4v) is 2.11. The molecule has 0 spiro atoms. The second-order valence-corrected chi connectivity index (χ2v) is 3.64. The van der Waals surface area contributed by atoms with Crippen LogP contribution in [0.3, 0.4) is 0 Å². The van der Waals surface area contributed by atoms with Crippen molar-refractivity contribution in [1.29, 1.82) is 0 Å². The normalized spacial score (nSPS) is 18.0. The number of hydrogen-bond acceptors (Lipinski definition) is 2. The smallest absolute Gasteiger partial charge is 0.244 e. The summed E-state index contributed by atoms with van der Waals surface area (Å²) in [6.45, 7) is 2.16. The number of hydrogen-bond donors (Lipinski definition) is 0. The number of nitrogens with zero attached hydrogens (tertiary/aromatic N) is 4. The molecule has 3 rings (SSSR count). The van der Waals surface area contributed by atoms with E-state index in [0.717, 1.165) is 11.3 Å². The fraction of sp³-hybridized carbons (Fsp3) is 0.300. The highest BCUT2D eigenvalue weighted by molar-refractivity contribution is 5.60. The quantitative estimate of drug-likeness (QED) is 0.569. The van der Waals surface area contributed by atoms with Gasteiger partial charge in [0.1, 0.15) is 36.0 Å². The van der Waals surface area contributed by atoms with E-state index in [2.05, 4.69) is 38.4 Å². The van der Waals surface area contributed by atoms with E-state index in [1.807, 2.05) is 13.2 Å². The molecule has 0 radical (unpaired) electrons. The molecule has 14 heavy (non-hydrogen) atoms. The Morgan fingerprint density at radius 2 is 2.36 bits per heavy atom. The van der Waals surface area contributed by atoms with E-state index in [1.165, 1.54) is 5.82 Å². The van der Waals surface area contributed by atoms with Gasteiger partial charge in [0.25, 0.3) is 5.82 Å². The fourth-order valence-electron chi connectivity index (χ4n) is 2.11. The molecular weight excluding hydrogens is 176 g/mol. The lowest BCUT2D eigenvalue weighted by atomic mass is 10.2. The number of fused-ring (bicyclic) bond motifs is 3. The molecule has 3 heterocycles. The third-order valence-electron chi connectivity index (χ3n) is 2.83. The van der Waals surface area contributed by atoms with Crippen molar-refractivity contribution >= 4 is 0 Å². The van der Waals surface area contributed by atoms with Crippen molar-refractivity contribution in [1.82, 2.24) is 14.5 Å². The van der Waals surface area contributed by atoms with Crippen molar-refractivity contribution in [3.05, 3.63) is 30.6 Å². The van der Waals surface area contributed by atoms with E-state index >= 15 is 0 Å². The molecular formula is C10H11N4+. The van der Waals surface area contributed by atoms with Gasteiger partial charge in [-0.05, 0) is 6.92 Å². The maximum absolute atomic E-state index is 4.32. The lowest BCUT2D eigenvalue weighted by Gasteiger charge is -1.98. The van der Waals surface area contributed by atoms with E-state index in [-0.39, 0.29) is 0 Å². The second kappa shape index (κ2) is 2.41. The van der Waals surface area contributed by atoms with Crippen molar-refractivity contribution in [2.24, 2.45) is 7.05 Å². The summed E-state index contributed by atoms with van der Waals surface area (Å²) in [6, 6.07) is 0.323. The molecule has 4 nitrogen and oxygen atoms in total. The first-order valence-electron chi connectivity index (χ1n) is 4.66. The minimum atomic E-state index is 0.323. The second-order valence-electron chi connectivity index (χ2n) is 3.64. The summed E-state index contributed by atoms with van der Waals surface area (Å²) < 4.78 is 4.32. The van der Waals surface area contributed by atoms with Crippen LogP contribution in [0.1, 0.15) is 18.7 Å². The van der Waals surface area contributed by atoms with Gasteiger partial charge in [-0.1, -0.05) is 0 Å². The minimum absolute atomic E-state index is 0.323. The average Bonchev–Trinajstić information content (AvgIpc) is 2.70. The monoisotopic (exact) mass is 187 g/mol. The Labute approximate surface area is 81.9 Å². The Balaban J connectivity index is 2.38. The third-order valence-corrected chi connectivity index (χ3v) is 2.83. The van der Waals surface area contributed by atoms with Crippen LogP contribution in [0.2, 0.25) is 0 Å². The zero-order valence-electron chi connectivity index (χ0n) is 8.18. The number of imidazole rings is 1. The number of aryl methyl sites for hydroxylation is 1. The molecule has 4 heteroatoms. The van der Waals surface area contributed by atoms with Crippen LogP contribution in [0.5, 0.6) is 0 Å². The van der Waals surface area contributed by atoms with Crippen LogP contribution in [-0.2, 0) is 7.05 Å². The summed E-state index contributed by atoms with van der Waals surface area (Å²) in [5, 5.41) is 0. The lowest BCUT2D eigenvalue weighted by molar-refractivity contribution is -0.659. The number of aromatic nitrogens is 4. The molecule has 1 aliphatic rings. The van der Waals surface area contributed by atoms with Crippen molar-refractivity contribution in [3.63, 3.8) is 0 Å². The van der Waals surface area contributed by atoms with Crippen LogP contribution in [0.15, 0.2) is 24.9 Å². The standard InChI is InChI=1S/C10H11N4/c1-7-9-8(5-11-6-12-9)10-13(2)3-4-14(7)10/h3-7H,1-2H3/q+1. The summed E-state index contributed by atoms with van der Waals surface area (Å²) in [7, 11) is 2.04. The molecule has 1 unspecified atom stereocenters. The maximum Gasteiger partial charge on any atom is 0.292 e. The van der Waals surface area contributed by atoms with Gasteiger partial charge in [-0.25, -0.2) is 19.1 Å². The Bertz CT molecular complexity index is 501. The van der Waals surface area contributed by atoms with Crippen LogP contribution >= 0.6 is 0 Å². The largest absolute Gasteiger partial charge is 0.292 e. The predicted octanol–water partition coefficient (Wildman–Crippen LogP) is 0.692. The van der Waals surface area contributed by atoms with Gasteiger partial charge < -0.3 is 0 Å². The van der Waals surface area contributed by atoms with Crippen LogP contribution in [0, 0.1) is 0 Å². The number of rotatable bonds is 0. The van der Waals surface area contributed by atoms with Gasteiger partial charge in [-0.3, -0.25) is 0 Å². The van der Waals surface area contributed by atoms with E-state index in [4.69, 9.17) is 0 Å². The van der Waals surface area contributed by atoms with Gasteiger partial charge in [-0.15, -0.1) is 0 Å². The molecule has 70 valence electrons. The molecule has 0 amide bonds. The maximum atomic E-state index is 4.32. The van der Waals surface area contributed by atoms with Gasteiger partial charge in [0.05, 0.1) is 7.05 Å². The first-order chi connectivity index (χ1) is 6.79. The Kier molecular flexibility index (Phi) is 1.32. The Hall–Kier alpha value is -1.71. The molecule has 0 saturated carbocycles. The van der Waals surface area contributed by atoms with Crippen LogP contribution in [-0.4, -0.2) is 14.5 Å². The molecule has 0 bridgehead atoms. The summed E-state index contributed by atoms with van der Waals surface area (Å²) in [5.74, 6) is 1.19. The van der Waals surface area contributed by atoms with Gasteiger partial charge in [0.15, 0.2) is 0 Å². The molecule has 1 aliphatic heterocycles. The molecule has 0 fully saturated rings. The summed E-state index contributed by atoms with van der Waals surface area (Å²) in [4.78, 5) is 8.40. The minimum Gasteiger partial charge on any atom is -0.244 e. The van der Waals surface area contributed by atoms with Crippen molar-refractivity contribution in [2.75, 3.05) is 0 Å². The van der Waals surface area contributed by atoms with Crippen molar-refractivity contribution in [3.8, 4) is 11.4 Å². The van der Waals surface area contributed by atoms with Crippen molar-refractivity contribution in [2.45, 2.75) is 13.0 Å². The highest BCUT2D eigenvalue weighted by atomic mass is 15.2. The van der Waals surface area contributed by atoms with E-state index in [0.29, 0.717) is 6.04 Å². The van der Waals surface area contributed by atoms with E-state index < -0.39 is 0 Å². The SMILES string of the molecule is CC1c2ncncc2-c2n1cc[n+]2C. The summed E-state index contributed by atoms with van der Waals surface area (Å²) >= 11 is 0. The average molecular weight is 187 g/mol. The lowest BCUT2D eigenvalue weighted by Crippen LogP contribution is -2.27. The van der Waals surface area contributed by atoms with Crippen LogP contribution in [0.4, 0.5) is 0 Å². The molecule has 2 aromatic heterocycles. The highest BCUT2D eigenvalue weighted by Crippen LogP contribution is 2.34. The zero-order chi connectivity index (χ0) is 9.71. The molecule has 0 N–H and O–H groups in total. The molecule has 0 aliphatic carbocycles. The van der Waals surface area contributed by atoms with Crippen molar-refractivity contribution < 1.29 is 4.57 Å². The third kappa shape index (κ3) is 0.755. The first-order valence-corrected chi connectivity index (χ1v) is 4.66. The molecule has 0 aromatic carbocycles. The predicted molar refractivity (Wildman–Crippen MR) is 50.4 cm³/mol. The van der Waals surface area contributed by atoms with Gasteiger partial charge in [0.2, 0.25) is 0 Å². The molecule has 1 atom stereocenters. The van der Waals surface area contributed by atoms with Crippen LogP contribution in [0.25, 0.3) is 11.4 Å². The summed E-state index contributed by atoms with van der Waals surface area (Å²) in [6.07, 6.45) is 7.64. The Morgan fingerprint density at radius 3 is 3.21 bits per heavy atom. The zero-order valence-corrected chi connectivity index (χ0v) is 8.18. The van der Waals surface area contributed by atoms with Gasteiger partial charge in [0, 0.05) is 6.20 Å². The topological polar surface area (TPSA) is 34.6 Å². The molecule has 0 saturated heterocycles. The summed E-state index contributed by atoms with van der Waals surface area (Å²) in [5.41, 5.74) is 2.26. The molecule has 2 aromatic rings. The first kappa shape index (κ1) is 7.67. The van der Waals surface area contributed by atoms with Gasteiger partial charge >= 0.3 is 0 Å².